The molecule has 0 aliphatic carbocycles. The van der Waals surface area contributed by atoms with Crippen LogP contribution in [-0.4, -0.2) is 24.2 Å². The van der Waals surface area contributed by atoms with Gasteiger partial charge in [-0.3, -0.25) is 4.79 Å². The molecule has 0 fully saturated rings. The molecule has 1 unspecified atom stereocenters. The first-order valence-corrected chi connectivity index (χ1v) is 8.15. The number of hydrogen-bond donors (Lipinski definition) is 2. The highest BCUT2D eigenvalue weighted by Crippen LogP contribution is 2.26. The number of fused-ring (bicyclic) bond motifs is 1. The smallest absolute Gasteiger partial charge is 0.244 e. The number of carbonyl (C=O) groups excluding carboxylic acids is 1. The Balaban J connectivity index is 1.52. The first-order valence-electron chi connectivity index (χ1n) is 7.77. The molecule has 0 spiro atoms. The van der Waals surface area contributed by atoms with Crippen LogP contribution in [0.4, 0.5) is 0 Å². The summed E-state index contributed by atoms with van der Waals surface area (Å²) in [5, 5.41) is 13.3. The molecule has 1 amide bonds. The fourth-order valence-corrected chi connectivity index (χ4v) is 2.67. The van der Waals surface area contributed by atoms with Gasteiger partial charge in [-0.2, -0.15) is 0 Å². The van der Waals surface area contributed by atoms with E-state index < -0.39 is 6.10 Å². The third-order valence-electron chi connectivity index (χ3n) is 3.87. The van der Waals surface area contributed by atoms with Gasteiger partial charge in [0, 0.05) is 24.1 Å². The van der Waals surface area contributed by atoms with E-state index in [1.54, 1.807) is 30.3 Å². The molecule has 2 aromatic carbocycles. The van der Waals surface area contributed by atoms with Gasteiger partial charge in [-0.05, 0) is 47.0 Å². The standard InChI is InChI=1S/C19H18ClNO3/c20-16-5-3-14(4-6-16)17(22)12-21-19(23)8-2-13-1-7-18-15(11-13)9-10-24-18/h1-8,11,17,22H,9-10,12H2,(H,21,23)/b8-2+. The maximum absolute atomic E-state index is 11.9. The summed E-state index contributed by atoms with van der Waals surface area (Å²) in [4.78, 5) is 11.9. The minimum absolute atomic E-state index is 0.142. The summed E-state index contributed by atoms with van der Waals surface area (Å²) in [7, 11) is 0. The SMILES string of the molecule is O=C(/C=C/c1ccc2c(c1)CCO2)NCC(O)c1ccc(Cl)cc1. The number of carbonyl (C=O) groups is 1. The Morgan fingerprint density at radius 1 is 1.29 bits per heavy atom. The van der Waals surface area contributed by atoms with Crippen molar-refractivity contribution in [3.05, 3.63) is 70.3 Å². The number of benzene rings is 2. The molecule has 124 valence electrons. The number of ether oxygens (including phenoxy) is 1. The molecule has 4 nitrogen and oxygen atoms in total. The van der Waals surface area contributed by atoms with Crippen LogP contribution in [0.2, 0.25) is 5.02 Å². The lowest BCUT2D eigenvalue weighted by Gasteiger charge is -2.11. The van der Waals surface area contributed by atoms with Crippen LogP contribution in [0.3, 0.4) is 0 Å². The number of halogens is 1. The summed E-state index contributed by atoms with van der Waals surface area (Å²) in [6.07, 6.45) is 3.35. The van der Waals surface area contributed by atoms with Crippen molar-refractivity contribution in [3.63, 3.8) is 0 Å². The summed E-state index contributed by atoms with van der Waals surface area (Å²) < 4.78 is 5.45. The van der Waals surface area contributed by atoms with E-state index in [-0.39, 0.29) is 12.5 Å². The van der Waals surface area contributed by atoms with E-state index >= 15 is 0 Å². The zero-order valence-electron chi connectivity index (χ0n) is 13.0. The average Bonchev–Trinajstić information content (AvgIpc) is 3.06. The highest BCUT2D eigenvalue weighted by atomic mass is 35.5. The molecule has 0 radical (unpaired) electrons. The molecule has 3 rings (SSSR count). The van der Waals surface area contributed by atoms with Crippen LogP contribution in [0.1, 0.15) is 22.8 Å². The lowest BCUT2D eigenvalue weighted by Crippen LogP contribution is -2.26. The zero-order valence-corrected chi connectivity index (χ0v) is 13.8. The zero-order chi connectivity index (χ0) is 16.9. The molecule has 2 aromatic rings. The molecular formula is C19H18ClNO3. The minimum Gasteiger partial charge on any atom is -0.493 e. The van der Waals surface area contributed by atoms with E-state index in [9.17, 15) is 9.90 Å². The van der Waals surface area contributed by atoms with Gasteiger partial charge in [-0.15, -0.1) is 0 Å². The van der Waals surface area contributed by atoms with Gasteiger partial charge in [0.1, 0.15) is 5.75 Å². The van der Waals surface area contributed by atoms with Crippen LogP contribution in [0.15, 0.2) is 48.5 Å². The number of aliphatic hydroxyl groups excluding tert-OH is 1. The third-order valence-corrected chi connectivity index (χ3v) is 4.12. The van der Waals surface area contributed by atoms with E-state index in [0.717, 1.165) is 23.3 Å². The molecule has 1 aliphatic heterocycles. The highest BCUT2D eigenvalue weighted by Gasteiger charge is 2.11. The Morgan fingerprint density at radius 2 is 2.08 bits per heavy atom. The van der Waals surface area contributed by atoms with Gasteiger partial charge in [0.2, 0.25) is 5.91 Å². The predicted molar refractivity (Wildman–Crippen MR) is 94.1 cm³/mol. The van der Waals surface area contributed by atoms with Crippen molar-refractivity contribution in [1.82, 2.24) is 5.32 Å². The van der Waals surface area contributed by atoms with Crippen molar-refractivity contribution in [2.45, 2.75) is 12.5 Å². The van der Waals surface area contributed by atoms with E-state index in [4.69, 9.17) is 16.3 Å². The first-order chi connectivity index (χ1) is 11.6. The minimum atomic E-state index is -0.767. The predicted octanol–water partition coefficient (Wildman–Crippen LogP) is 3.14. The summed E-state index contributed by atoms with van der Waals surface area (Å²) >= 11 is 5.81. The van der Waals surface area contributed by atoms with Crippen LogP contribution in [0.25, 0.3) is 6.08 Å². The number of hydrogen-bond acceptors (Lipinski definition) is 3. The fourth-order valence-electron chi connectivity index (χ4n) is 2.54. The van der Waals surface area contributed by atoms with Gasteiger partial charge in [0.15, 0.2) is 0 Å². The monoisotopic (exact) mass is 343 g/mol. The molecule has 0 saturated carbocycles. The van der Waals surface area contributed by atoms with E-state index in [0.29, 0.717) is 17.2 Å². The topological polar surface area (TPSA) is 58.6 Å². The lowest BCUT2D eigenvalue weighted by molar-refractivity contribution is -0.116. The van der Waals surface area contributed by atoms with Gasteiger partial charge >= 0.3 is 0 Å². The van der Waals surface area contributed by atoms with Gasteiger partial charge in [-0.25, -0.2) is 0 Å². The first kappa shape index (κ1) is 16.6. The number of rotatable bonds is 5. The molecule has 0 saturated heterocycles. The Labute approximate surface area is 145 Å². The molecule has 1 aliphatic rings. The second-order valence-corrected chi connectivity index (χ2v) is 6.05. The molecular weight excluding hydrogens is 326 g/mol. The summed E-state index contributed by atoms with van der Waals surface area (Å²) in [5.74, 6) is 0.669. The summed E-state index contributed by atoms with van der Waals surface area (Å²) in [5.41, 5.74) is 2.82. The molecule has 0 bridgehead atoms. The van der Waals surface area contributed by atoms with Gasteiger partial charge < -0.3 is 15.2 Å². The van der Waals surface area contributed by atoms with E-state index in [2.05, 4.69) is 5.32 Å². The van der Waals surface area contributed by atoms with Crippen molar-refractivity contribution in [1.29, 1.82) is 0 Å². The number of aliphatic hydroxyl groups is 1. The maximum atomic E-state index is 11.9. The normalized spacial score (nSPS) is 14.2. The van der Waals surface area contributed by atoms with Gasteiger partial charge in [-0.1, -0.05) is 29.8 Å². The molecule has 0 aromatic heterocycles. The molecule has 24 heavy (non-hydrogen) atoms. The Bertz CT molecular complexity index is 756. The number of nitrogens with one attached hydrogen (secondary N) is 1. The van der Waals surface area contributed by atoms with Crippen molar-refractivity contribution in [3.8, 4) is 5.75 Å². The van der Waals surface area contributed by atoms with E-state index in [1.807, 2.05) is 18.2 Å². The quantitative estimate of drug-likeness (QED) is 0.820. The Hall–Kier alpha value is -2.30. The molecule has 2 N–H and O–H groups in total. The van der Waals surface area contributed by atoms with E-state index in [1.165, 1.54) is 6.08 Å². The van der Waals surface area contributed by atoms with Crippen LogP contribution in [-0.2, 0) is 11.2 Å². The molecule has 1 heterocycles. The summed E-state index contributed by atoms with van der Waals surface area (Å²) in [6, 6.07) is 12.7. The third kappa shape index (κ3) is 4.16. The second kappa shape index (κ2) is 7.51. The largest absolute Gasteiger partial charge is 0.493 e. The van der Waals surface area contributed by atoms with Crippen LogP contribution in [0, 0.1) is 0 Å². The van der Waals surface area contributed by atoms with Crippen LogP contribution < -0.4 is 10.1 Å². The van der Waals surface area contributed by atoms with Crippen molar-refractivity contribution in [2.24, 2.45) is 0 Å². The van der Waals surface area contributed by atoms with Crippen molar-refractivity contribution in [2.75, 3.05) is 13.2 Å². The molecule has 1 atom stereocenters. The molecule has 5 heteroatoms. The Morgan fingerprint density at radius 3 is 2.88 bits per heavy atom. The summed E-state index contributed by atoms with van der Waals surface area (Å²) in [6.45, 7) is 0.856. The maximum Gasteiger partial charge on any atom is 0.244 e. The van der Waals surface area contributed by atoms with Crippen molar-refractivity contribution >= 4 is 23.6 Å². The van der Waals surface area contributed by atoms with Crippen molar-refractivity contribution < 1.29 is 14.6 Å². The highest BCUT2D eigenvalue weighted by molar-refractivity contribution is 6.30. The lowest BCUT2D eigenvalue weighted by atomic mass is 10.1. The van der Waals surface area contributed by atoms with Crippen LogP contribution in [0.5, 0.6) is 5.75 Å². The fraction of sp³-hybridized carbons (Fsp3) is 0.211. The Kier molecular flexibility index (Phi) is 5.18. The van der Waals surface area contributed by atoms with Gasteiger partial charge in [0.05, 0.1) is 12.7 Å². The number of amides is 1. The van der Waals surface area contributed by atoms with Crippen LogP contribution >= 0.6 is 11.6 Å². The second-order valence-electron chi connectivity index (χ2n) is 5.61. The van der Waals surface area contributed by atoms with Gasteiger partial charge in [0.25, 0.3) is 0 Å². The average molecular weight is 344 g/mol.